The van der Waals surface area contributed by atoms with Crippen molar-refractivity contribution in [2.45, 2.75) is 20.0 Å². The average molecular weight is 420 g/mol. The summed E-state index contributed by atoms with van der Waals surface area (Å²) < 4.78 is 13.9. The van der Waals surface area contributed by atoms with Gasteiger partial charge in [-0.3, -0.25) is 9.59 Å². The maximum absolute atomic E-state index is 12.9. The highest BCUT2D eigenvalue weighted by atomic mass is 16.5. The Morgan fingerprint density at radius 3 is 2.74 bits per heavy atom. The Morgan fingerprint density at radius 2 is 1.97 bits per heavy atom. The van der Waals surface area contributed by atoms with Gasteiger partial charge in [0.25, 0.3) is 5.56 Å². The SMILES string of the molecule is COc1ccc2cnn(CC(=O)NCCn3ccc4c(C)cccc43)c(=O)c2c1OC. The number of ether oxygens (including phenoxy) is 2. The van der Waals surface area contributed by atoms with Gasteiger partial charge in [-0.05, 0) is 36.8 Å². The molecule has 160 valence electrons. The summed E-state index contributed by atoms with van der Waals surface area (Å²) in [5.41, 5.74) is 1.94. The molecule has 0 saturated heterocycles. The van der Waals surface area contributed by atoms with E-state index in [1.165, 1.54) is 25.2 Å². The molecule has 0 spiro atoms. The van der Waals surface area contributed by atoms with Crippen LogP contribution in [0.25, 0.3) is 21.7 Å². The summed E-state index contributed by atoms with van der Waals surface area (Å²) in [7, 11) is 2.98. The second-order valence-corrected chi connectivity index (χ2v) is 7.24. The van der Waals surface area contributed by atoms with Crippen molar-refractivity contribution in [2.24, 2.45) is 0 Å². The van der Waals surface area contributed by atoms with E-state index in [1.54, 1.807) is 18.3 Å². The normalized spacial score (nSPS) is 11.1. The van der Waals surface area contributed by atoms with Crippen LogP contribution in [-0.4, -0.2) is 41.0 Å². The van der Waals surface area contributed by atoms with Gasteiger partial charge in [-0.25, -0.2) is 4.68 Å². The first-order chi connectivity index (χ1) is 15.0. The Bertz CT molecular complexity index is 1320. The molecule has 8 heteroatoms. The van der Waals surface area contributed by atoms with Gasteiger partial charge in [-0.1, -0.05) is 12.1 Å². The van der Waals surface area contributed by atoms with E-state index in [4.69, 9.17) is 9.47 Å². The summed E-state index contributed by atoms with van der Waals surface area (Å²) >= 11 is 0. The molecule has 0 radical (unpaired) electrons. The monoisotopic (exact) mass is 420 g/mol. The van der Waals surface area contributed by atoms with Gasteiger partial charge < -0.3 is 19.4 Å². The number of benzene rings is 2. The quantitative estimate of drug-likeness (QED) is 0.496. The zero-order chi connectivity index (χ0) is 22.0. The Hall–Kier alpha value is -3.81. The third-order valence-corrected chi connectivity index (χ3v) is 5.36. The van der Waals surface area contributed by atoms with Crippen LogP contribution in [0.3, 0.4) is 0 Å². The van der Waals surface area contributed by atoms with Crippen molar-refractivity contribution < 1.29 is 14.3 Å². The number of methoxy groups -OCH3 is 2. The number of nitrogens with zero attached hydrogens (tertiary/aromatic N) is 3. The largest absolute Gasteiger partial charge is 0.493 e. The van der Waals surface area contributed by atoms with Crippen molar-refractivity contribution in [3.05, 3.63) is 64.7 Å². The molecule has 0 unspecified atom stereocenters. The lowest BCUT2D eigenvalue weighted by molar-refractivity contribution is -0.121. The smallest absolute Gasteiger partial charge is 0.279 e. The van der Waals surface area contributed by atoms with E-state index in [0.29, 0.717) is 35.4 Å². The molecule has 0 aliphatic rings. The minimum atomic E-state index is -0.407. The number of nitrogens with one attached hydrogen (secondary N) is 1. The van der Waals surface area contributed by atoms with Crippen LogP contribution in [0.2, 0.25) is 0 Å². The van der Waals surface area contributed by atoms with E-state index in [2.05, 4.69) is 40.1 Å². The second-order valence-electron chi connectivity index (χ2n) is 7.24. The molecule has 31 heavy (non-hydrogen) atoms. The summed E-state index contributed by atoms with van der Waals surface area (Å²) in [5, 5.41) is 9.14. The molecule has 0 aliphatic carbocycles. The van der Waals surface area contributed by atoms with E-state index < -0.39 is 5.56 Å². The maximum atomic E-state index is 12.9. The number of aromatic nitrogens is 3. The third-order valence-electron chi connectivity index (χ3n) is 5.36. The lowest BCUT2D eigenvalue weighted by Crippen LogP contribution is -2.35. The predicted octanol–water partition coefficient (Wildman–Crippen LogP) is 2.49. The molecule has 8 nitrogen and oxygen atoms in total. The van der Waals surface area contributed by atoms with Crippen molar-refractivity contribution in [3.63, 3.8) is 0 Å². The van der Waals surface area contributed by atoms with Gasteiger partial charge in [0.15, 0.2) is 11.5 Å². The van der Waals surface area contributed by atoms with Crippen LogP contribution in [-0.2, 0) is 17.9 Å². The molecule has 4 aromatic rings. The second kappa shape index (κ2) is 8.51. The van der Waals surface area contributed by atoms with E-state index >= 15 is 0 Å². The number of hydrogen-bond acceptors (Lipinski definition) is 5. The van der Waals surface area contributed by atoms with Gasteiger partial charge in [0.2, 0.25) is 5.91 Å². The van der Waals surface area contributed by atoms with Crippen molar-refractivity contribution in [2.75, 3.05) is 20.8 Å². The zero-order valence-electron chi connectivity index (χ0n) is 17.7. The van der Waals surface area contributed by atoms with Crippen molar-refractivity contribution in [1.29, 1.82) is 0 Å². The number of carbonyl (C=O) groups excluding carboxylic acids is 1. The minimum absolute atomic E-state index is 0.180. The molecule has 2 aromatic heterocycles. The highest BCUT2D eigenvalue weighted by Gasteiger charge is 2.16. The van der Waals surface area contributed by atoms with E-state index in [0.717, 1.165) is 10.2 Å². The van der Waals surface area contributed by atoms with Crippen molar-refractivity contribution in [3.8, 4) is 11.5 Å². The zero-order valence-corrected chi connectivity index (χ0v) is 17.7. The highest BCUT2D eigenvalue weighted by molar-refractivity contribution is 5.89. The fourth-order valence-electron chi connectivity index (χ4n) is 3.78. The first kappa shape index (κ1) is 20.5. The van der Waals surface area contributed by atoms with Crippen LogP contribution in [0.15, 0.2) is 53.6 Å². The summed E-state index contributed by atoms with van der Waals surface area (Å²) in [4.78, 5) is 25.4. The van der Waals surface area contributed by atoms with Crippen LogP contribution in [0.5, 0.6) is 11.5 Å². The third kappa shape index (κ3) is 3.84. The van der Waals surface area contributed by atoms with Gasteiger partial charge in [0.1, 0.15) is 6.54 Å². The molecular weight excluding hydrogens is 396 g/mol. The van der Waals surface area contributed by atoms with Crippen LogP contribution < -0.4 is 20.3 Å². The van der Waals surface area contributed by atoms with Crippen LogP contribution in [0.4, 0.5) is 0 Å². The molecule has 1 amide bonds. The van der Waals surface area contributed by atoms with E-state index in [1.807, 2.05) is 12.3 Å². The summed E-state index contributed by atoms with van der Waals surface area (Å²) in [6, 6.07) is 11.7. The Labute approximate surface area is 179 Å². The maximum Gasteiger partial charge on any atom is 0.279 e. The number of amides is 1. The van der Waals surface area contributed by atoms with Gasteiger partial charge in [-0.15, -0.1) is 0 Å². The molecule has 0 saturated carbocycles. The Balaban J connectivity index is 1.47. The molecule has 0 aliphatic heterocycles. The van der Waals surface area contributed by atoms with Gasteiger partial charge in [0.05, 0.1) is 25.8 Å². The van der Waals surface area contributed by atoms with E-state index in [-0.39, 0.29) is 12.5 Å². The first-order valence-corrected chi connectivity index (χ1v) is 9.95. The van der Waals surface area contributed by atoms with Crippen LogP contribution in [0.1, 0.15) is 5.56 Å². The summed E-state index contributed by atoms with van der Waals surface area (Å²) in [5.74, 6) is 0.489. The fourth-order valence-corrected chi connectivity index (χ4v) is 3.78. The number of rotatable bonds is 7. The van der Waals surface area contributed by atoms with Crippen molar-refractivity contribution in [1.82, 2.24) is 19.7 Å². The molecule has 0 fully saturated rings. The topological polar surface area (TPSA) is 87.4 Å². The highest BCUT2D eigenvalue weighted by Crippen LogP contribution is 2.32. The average Bonchev–Trinajstić information content (AvgIpc) is 3.19. The number of aryl methyl sites for hydroxylation is 1. The van der Waals surface area contributed by atoms with Gasteiger partial charge >= 0.3 is 0 Å². The molecule has 0 atom stereocenters. The first-order valence-electron chi connectivity index (χ1n) is 9.95. The lowest BCUT2D eigenvalue weighted by atomic mass is 10.1. The summed E-state index contributed by atoms with van der Waals surface area (Å²) in [6.45, 7) is 2.97. The Kier molecular flexibility index (Phi) is 5.62. The standard InChI is InChI=1S/C23H24N4O4/c1-15-5-4-6-18-17(15)9-11-26(18)12-10-24-20(28)14-27-23(29)21-16(13-25-27)7-8-19(30-2)22(21)31-3/h4-9,11,13H,10,12,14H2,1-3H3,(H,24,28). The molecule has 2 aromatic carbocycles. The number of fused-ring (bicyclic) bond motifs is 2. The fraction of sp³-hybridized carbons (Fsp3) is 0.261. The van der Waals surface area contributed by atoms with Crippen LogP contribution >= 0.6 is 0 Å². The molecule has 0 bridgehead atoms. The van der Waals surface area contributed by atoms with Crippen molar-refractivity contribution >= 4 is 27.6 Å². The van der Waals surface area contributed by atoms with E-state index in [9.17, 15) is 9.59 Å². The van der Waals surface area contributed by atoms with Gasteiger partial charge in [0, 0.05) is 35.6 Å². The Morgan fingerprint density at radius 1 is 1.13 bits per heavy atom. The molecule has 1 N–H and O–H groups in total. The molecule has 2 heterocycles. The molecular formula is C23H24N4O4. The predicted molar refractivity (Wildman–Crippen MR) is 119 cm³/mol. The lowest BCUT2D eigenvalue weighted by Gasteiger charge is -2.12. The summed E-state index contributed by atoms with van der Waals surface area (Å²) in [6.07, 6.45) is 3.55. The number of hydrogen-bond donors (Lipinski definition) is 1. The van der Waals surface area contributed by atoms with Gasteiger partial charge in [-0.2, -0.15) is 5.10 Å². The number of carbonyl (C=O) groups is 1. The minimum Gasteiger partial charge on any atom is -0.493 e. The van der Waals surface area contributed by atoms with Crippen LogP contribution in [0, 0.1) is 6.92 Å². The molecule has 4 rings (SSSR count).